The number of carboxylic acid groups (broad SMARTS) is 1. The van der Waals surface area contributed by atoms with Gasteiger partial charge < -0.3 is 10.0 Å². The summed E-state index contributed by atoms with van der Waals surface area (Å²) in [6.45, 7) is 2.01. The summed E-state index contributed by atoms with van der Waals surface area (Å²) < 4.78 is 1.65. The molecule has 0 saturated carbocycles. The van der Waals surface area contributed by atoms with E-state index in [-0.39, 0.29) is 17.3 Å². The second-order valence-corrected chi connectivity index (χ2v) is 4.72. The van der Waals surface area contributed by atoms with Gasteiger partial charge in [0, 0.05) is 6.20 Å². The van der Waals surface area contributed by atoms with E-state index < -0.39 is 5.97 Å². The van der Waals surface area contributed by atoms with Crippen LogP contribution in [-0.4, -0.2) is 52.2 Å². The molecule has 98 valence electrons. The predicted molar refractivity (Wildman–Crippen MR) is 65.0 cm³/mol. The van der Waals surface area contributed by atoms with Crippen molar-refractivity contribution in [3.8, 4) is 0 Å². The van der Waals surface area contributed by atoms with Gasteiger partial charge in [-0.1, -0.05) is 0 Å². The standard InChI is InChI=1S/C12H17N3O3/c1-14-5-2-3-10(4-6-14)15-7-9(8-16)11(13-15)12(17)18/h7-8,10H,2-6H2,1H3,(H,17,18). The van der Waals surface area contributed by atoms with Crippen molar-refractivity contribution in [2.24, 2.45) is 0 Å². The Morgan fingerprint density at radius 2 is 2.28 bits per heavy atom. The maximum atomic E-state index is 11.0. The highest BCUT2D eigenvalue weighted by atomic mass is 16.4. The smallest absolute Gasteiger partial charge is 0.357 e. The molecule has 2 rings (SSSR count). The van der Waals surface area contributed by atoms with Gasteiger partial charge in [-0.15, -0.1) is 0 Å². The van der Waals surface area contributed by atoms with Gasteiger partial charge in [0.15, 0.2) is 12.0 Å². The van der Waals surface area contributed by atoms with Gasteiger partial charge in [0.05, 0.1) is 11.6 Å². The van der Waals surface area contributed by atoms with E-state index in [0.717, 1.165) is 32.4 Å². The first kappa shape index (κ1) is 12.8. The van der Waals surface area contributed by atoms with Crippen LogP contribution in [0.5, 0.6) is 0 Å². The van der Waals surface area contributed by atoms with Crippen LogP contribution >= 0.6 is 0 Å². The summed E-state index contributed by atoms with van der Waals surface area (Å²) in [4.78, 5) is 24.0. The van der Waals surface area contributed by atoms with E-state index in [9.17, 15) is 9.59 Å². The summed E-state index contributed by atoms with van der Waals surface area (Å²) in [6.07, 6.45) is 5.04. The van der Waals surface area contributed by atoms with Crippen LogP contribution < -0.4 is 0 Å². The lowest BCUT2D eigenvalue weighted by molar-refractivity contribution is 0.0686. The van der Waals surface area contributed by atoms with Crippen molar-refractivity contribution in [2.45, 2.75) is 25.3 Å². The monoisotopic (exact) mass is 251 g/mol. The molecule has 1 saturated heterocycles. The molecule has 0 amide bonds. The van der Waals surface area contributed by atoms with Crippen molar-refractivity contribution < 1.29 is 14.7 Å². The van der Waals surface area contributed by atoms with Crippen LogP contribution in [0.1, 0.15) is 46.2 Å². The fourth-order valence-corrected chi connectivity index (χ4v) is 2.33. The van der Waals surface area contributed by atoms with Gasteiger partial charge in [0.2, 0.25) is 0 Å². The Bertz CT molecular complexity index is 455. The first-order valence-corrected chi connectivity index (χ1v) is 6.08. The molecule has 2 heterocycles. The molecule has 1 aliphatic heterocycles. The maximum Gasteiger partial charge on any atom is 0.357 e. The van der Waals surface area contributed by atoms with Crippen molar-refractivity contribution >= 4 is 12.3 Å². The van der Waals surface area contributed by atoms with E-state index in [1.54, 1.807) is 10.9 Å². The first-order chi connectivity index (χ1) is 8.61. The number of aromatic nitrogens is 2. The van der Waals surface area contributed by atoms with E-state index in [4.69, 9.17) is 5.11 Å². The molecule has 0 bridgehead atoms. The third-order valence-corrected chi connectivity index (χ3v) is 3.39. The highest BCUT2D eigenvalue weighted by Crippen LogP contribution is 2.22. The van der Waals surface area contributed by atoms with Crippen LogP contribution in [0.4, 0.5) is 0 Å². The van der Waals surface area contributed by atoms with E-state index in [1.807, 2.05) is 0 Å². The second-order valence-electron chi connectivity index (χ2n) is 4.72. The topological polar surface area (TPSA) is 75.4 Å². The van der Waals surface area contributed by atoms with Gasteiger partial charge >= 0.3 is 5.97 Å². The summed E-state index contributed by atoms with van der Waals surface area (Å²) in [5.74, 6) is -1.15. The molecule has 18 heavy (non-hydrogen) atoms. The van der Waals surface area contributed by atoms with E-state index in [1.165, 1.54) is 0 Å². The number of carbonyl (C=O) groups is 2. The minimum atomic E-state index is -1.15. The molecule has 0 radical (unpaired) electrons. The van der Waals surface area contributed by atoms with E-state index >= 15 is 0 Å². The molecular weight excluding hydrogens is 234 g/mol. The summed E-state index contributed by atoms with van der Waals surface area (Å²) in [5, 5.41) is 13.0. The lowest BCUT2D eigenvalue weighted by Crippen LogP contribution is -2.19. The fourth-order valence-electron chi connectivity index (χ4n) is 2.33. The lowest BCUT2D eigenvalue weighted by Gasteiger charge is -2.15. The van der Waals surface area contributed by atoms with Crippen LogP contribution in [-0.2, 0) is 0 Å². The minimum absolute atomic E-state index is 0.150. The Morgan fingerprint density at radius 1 is 1.50 bits per heavy atom. The van der Waals surface area contributed by atoms with Gasteiger partial charge in [0.25, 0.3) is 0 Å². The van der Waals surface area contributed by atoms with Crippen LogP contribution in [0.2, 0.25) is 0 Å². The largest absolute Gasteiger partial charge is 0.476 e. The van der Waals surface area contributed by atoms with Crippen molar-refractivity contribution in [1.82, 2.24) is 14.7 Å². The summed E-state index contributed by atoms with van der Waals surface area (Å²) in [6, 6.07) is 0.182. The number of aldehydes is 1. The van der Waals surface area contributed by atoms with Crippen LogP contribution in [0.3, 0.4) is 0 Å². The molecular formula is C12H17N3O3. The van der Waals surface area contributed by atoms with Gasteiger partial charge in [-0.05, 0) is 39.4 Å². The van der Waals surface area contributed by atoms with Gasteiger partial charge in [0.1, 0.15) is 0 Å². The van der Waals surface area contributed by atoms with Crippen molar-refractivity contribution in [3.63, 3.8) is 0 Å². The zero-order valence-corrected chi connectivity index (χ0v) is 10.4. The summed E-state index contributed by atoms with van der Waals surface area (Å²) >= 11 is 0. The number of nitrogens with zero attached hydrogens (tertiary/aromatic N) is 3. The molecule has 1 aromatic heterocycles. The number of hydrogen-bond acceptors (Lipinski definition) is 4. The number of carboxylic acids is 1. The minimum Gasteiger partial charge on any atom is -0.476 e. The van der Waals surface area contributed by atoms with Crippen molar-refractivity contribution in [1.29, 1.82) is 0 Å². The number of carbonyl (C=O) groups excluding carboxylic acids is 1. The maximum absolute atomic E-state index is 11.0. The molecule has 1 aliphatic rings. The van der Waals surface area contributed by atoms with Crippen molar-refractivity contribution in [3.05, 3.63) is 17.5 Å². The average molecular weight is 251 g/mol. The highest BCUT2D eigenvalue weighted by molar-refractivity contribution is 5.95. The molecule has 1 aromatic rings. The highest BCUT2D eigenvalue weighted by Gasteiger charge is 2.21. The zero-order chi connectivity index (χ0) is 13.1. The third-order valence-electron chi connectivity index (χ3n) is 3.39. The van der Waals surface area contributed by atoms with E-state index in [2.05, 4.69) is 17.0 Å². The molecule has 1 N–H and O–H groups in total. The van der Waals surface area contributed by atoms with E-state index in [0.29, 0.717) is 6.29 Å². The Balaban J connectivity index is 2.22. The number of likely N-dealkylation sites (tertiary alicyclic amines) is 1. The molecule has 0 aliphatic carbocycles. The molecule has 0 aromatic carbocycles. The molecule has 1 fully saturated rings. The first-order valence-electron chi connectivity index (χ1n) is 6.08. The Morgan fingerprint density at radius 3 is 2.89 bits per heavy atom. The van der Waals surface area contributed by atoms with Gasteiger partial charge in [-0.3, -0.25) is 9.48 Å². The number of rotatable bonds is 3. The number of aromatic carboxylic acids is 1. The molecule has 6 heteroatoms. The van der Waals surface area contributed by atoms with Crippen LogP contribution in [0, 0.1) is 0 Å². The van der Waals surface area contributed by atoms with Gasteiger partial charge in [-0.25, -0.2) is 4.79 Å². The molecule has 1 unspecified atom stereocenters. The molecule has 1 atom stereocenters. The van der Waals surface area contributed by atoms with Crippen LogP contribution in [0.25, 0.3) is 0 Å². The summed E-state index contributed by atoms with van der Waals surface area (Å²) in [5.41, 5.74) is 0.00250. The Hall–Kier alpha value is -1.69. The quantitative estimate of drug-likeness (QED) is 0.813. The van der Waals surface area contributed by atoms with Crippen LogP contribution in [0.15, 0.2) is 6.20 Å². The predicted octanol–water partition coefficient (Wildman–Crippen LogP) is 1.05. The van der Waals surface area contributed by atoms with Gasteiger partial charge in [-0.2, -0.15) is 5.10 Å². The molecule has 6 nitrogen and oxygen atoms in total. The zero-order valence-electron chi connectivity index (χ0n) is 10.4. The Kier molecular flexibility index (Phi) is 3.76. The van der Waals surface area contributed by atoms with Crippen molar-refractivity contribution in [2.75, 3.05) is 20.1 Å². The SMILES string of the molecule is CN1CCCC(n2cc(C=O)c(C(=O)O)n2)CC1. The molecule has 0 spiro atoms. The third kappa shape index (κ3) is 2.59. The summed E-state index contributed by atoms with van der Waals surface area (Å²) in [7, 11) is 2.07. The fraction of sp³-hybridized carbons (Fsp3) is 0.583. The lowest BCUT2D eigenvalue weighted by atomic mass is 10.1. The second kappa shape index (κ2) is 5.30. The number of hydrogen-bond donors (Lipinski definition) is 1. The average Bonchev–Trinajstić information content (AvgIpc) is 2.66. The normalized spacial score (nSPS) is 21.5. The Labute approximate surface area is 105 Å².